The van der Waals surface area contributed by atoms with Gasteiger partial charge in [0.15, 0.2) is 5.78 Å². The first-order chi connectivity index (χ1) is 8.50. The second-order valence-corrected chi connectivity index (χ2v) is 6.16. The molecule has 0 N–H and O–H groups in total. The number of fused-ring (bicyclic) bond motifs is 3. The Bertz CT molecular complexity index is 449. The summed E-state index contributed by atoms with van der Waals surface area (Å²) in [6.07, 6.45) is 2.65. The lowest BCUT2D eigenvalue weighted by molar-refractivity contribution is -0.144. The zero-order chi connectivity index (χ0) is 13.0. The van der Waals surface area contributed by atoms with E-state index < -0.39 is 0 Å². The van der Waals surface area contributed by atoms with Crippen LogP contribution in [0, 0.1) is 23.7 Å². The van der Waals surface area contributed by atoms with Gasteiger partial charge in [-0.2, -0.15) is 0 Å². The maximum atomic E-state index is 12.0. The molecule has 0 aromatic heterocycles. The molecule has 0 aromatic carbocycles. The van der Waals surface area contributed by atoms with Crippen LogP contribution >= 0.6 is 0 Å². The number of hydrogen-bond acceptors (Lipinski definition) is 3. The molecule has 2 fully saturated rings. The van der Waals surface area contributed by atoms with Crippen molar-refractivity contribution in [2.75, 3.05) is 0 Å². The third-order valence-electron chi connectivity index (χ3n) is 5.19. The van der Waals surface area contributed by atoms with E-state index in [2.05, 4.69) is 6.92 Å². The summed E-state index contributed by atoms with van der Waals surface area (Å²) in [6.45, 7) is 6.11. The summed E-state index contributed by atoms with van der Waals surface area (Å²) in [5.41, 5.74) is 2.15. The molecule has 1 heterocycles. The van der Waals surface area contributed by atoms with Crippen molar-refractivity contribution in [3.8, 4) is 0 Å². The molecule has 2 aliphatic carbocycles. The Morgan fingerprint density at radius 3 is 2.61 bits per heavy atom. The predicted octanol–water partition coefficient (Wildman–Crippen LogP) is 2.50. The zero-order valence-corrected chi connectivity index (χ0v) is 11.2. The summed E-state index contributed by atoms with van der Waals surface area (Å²) < 4.78 is 5.51. The highest BCUT2D eigenvalue weighted by atomic mass is 16.6. The second kappa shape index (κ2) is 3.94. The van der Waals surface area contributed by atoms with Gasteiger partial charge in [-0.15, -0.1) is 0 Å². The number of esters is 1. The number of ether oxygens (including phenoxy) is 1. The number of carbonyl (C=O) groups excluding carboxylic acids is 2. The molecule has 0 spiro atoms. The minimum absolute atomic E-state index is 0.01000. The van der Waals surface area contributed by atoms with Crippen LogP contribution in [-0.2, 0) is 14.3 Å². The molecular weight excluding hydrogens is 228 g/mol. The van der Waals surface area contributed by atoms with Crippen LogP contribution < -0.4 is 0 Å². The third kappa shape index (κ3) is 1.49. The quantitative estimate of drug-likeness (QED) is 0.619. The van der Waals surface area contributed by atoms with Crippen molar-refractivity contribution in [1.29, 1.82) is 0 Å². The third-order valence-corrected chi connectivity index (χ3v) is 5.19. The van der Waals surface area contributed by atoms with E-state index in [1.165, 1.54) is 5.57 Å². The molecule has 1 aliphatic heterocycles. The van der Waals surface area contributed by atoms with Gasteiger partial charge in [-0.25, -0.2) is 0 Å². The SMILES string of the molecule is CC1=C2[C@@H]3[C@@H](CC[C@@H](C)[C@@H]2CC1=O)OC(=O)[C@@H]3C. The molecule has 18 heavy (non-hydrogen) atoms. The van der Waals surface area contributed by atoms with Crippen LogP contribution in [0.15, 0.2) is 11.1 Å². The topological polar surface area (TPSA) is 43.4 Å². The normalized spacial score (nSPS) is 43.6. The summed E-state index contributed by atoms with van der Waals surface area (Å²) in [7, 11) is 0. The maximum absolute atomic E-state index is 12.0. The van der Waals surface area contributed by atoms with Crippen LogP contribution in [0.2, 0.25) is 0 Å². The van der Waals surface area contributed by atoms with Crippen molar-refractivity contribution >= 4 is 11.8 Å². The van der Waals surface area contributed by atoms with E-state index in [0.29, 0.717) is 18.3 Å². The van der Waals surface area contributed by atoms with Crippen LogP contribution in [0.3, 0.4) is 0 Å². The molecule has 0 unspecified atom stereocenters. The van der Waals surface area contributed by atoms with Crippen molar-refractivity contribution in [3.63, 3.8) is 0 Å². The standard InChI is InChI=1S/C15H20O3/c1-7-4-5-12-14(9(3)15(17)18-12)13-8(2)11(16)6-10(7)13/h7,9-10,12,14H,4-6H2,1-3H3/t7-,9-,10+,12-,14+/m1/s1. The van der Waals surface area contributed by atoms with Gasteiger partial charge in [0, 0.05) is 12.3 Å². The molecule has 3 nitrogen and oxygen atoms in total. The maximum Gasteiger partial charge on any atom is 0.309 e. The number of ketones is 1. The van der Waals surface area contributed by atoms with E-state index in [-0.39, 0.29) is 29.7 Å². The highest BCUT2D eigenvalue weighted by Gasteiger charge is 2.50. The van der Waals surface area contributed by atoms with Crippen LogP contribution in [0.1, 0.15) is 40.0 Å². The molecule has 1 saturated carbocycles. The lowest BCUT2D eigenvalue weighted by atomic mass is 9.78. The Morgan fingerprint density at radius 2 is 1.89 bits per heavy atom. The van der Waals surface area contributed by atoms with Crippen molar-refractivity contribution in [2.24, 2.45) is 23.7 Å². The van der Waals surface area contributed by atoms with Gasteiger partial charge < -0.3 is 4.74 Å². The fourth-order valence-corrected chi connectivity index (χ4v) is 4.04. The summed E-state index contributed by atoms with van der Waals surface area (Å²) in [5, 5.41) is 0. The van der Waals surface area contributed by atoms with Crippen molar-refractivity contribution < 1.29 is 14.3 Å². The van der Waals surface area contributed by atoms with Gasteiger partial charge >= 0.3 is 5.97 Å². The number of rotatable bonds is 0. The molecule has 0 bridgehead atoms. The average Bonchev–Trinajstić information content (AvgIpc) is 2.71. The van der Waals surface area contributed by atoms with Gasteiger partial charge in [-0.1, -0.05) is 19.4 Å². The molecule has 98 valence electrons. The number of allylic oxidation sites excluding steroid dienone is 1. The summed E-state index contributed by atoms with van der Waals surface area (Å²) in [5.74, 6) is 1.13. The molecule has 0 aromatic rings. The number of carbonyl (C=O) groups is 2. The summed E-state index contributed by atoms with van der Waals surface area (Å²) >= 11 is 0. The minimum atomic E-state index is -0.0852. The van der Waals surface area contributed by atoms with Gasteiger partial charge in [0.2, 0.25) is 0 Å². The van der Waals surface area contributed by atoms with E-state index in [1.807, 2.05) is 13.8 Å². The fourth-order valence-electron chi connectivity index (χ4n) is 4.04. The molecule has 3 rings (SSSR count). The minimum Gasteiger partial charge on any atom is -0.461 e. The molecule has 5 atom stereocenters. The van der Waals surface area contributed by atoms with Crippen LogP contribution in [-0.4, -0.2) is 17.9 Å². The van der Waals surface area contributed by atoms with Gasteiger partial charge in [0.1, 0.15) is 6.10 Å². The van der Waals surface area contributed by atoms with E-state index in [0.717, 1.165) is 18.4 Å². The van der Waals surface area contributed by atoms with Gasteiger partial charge in [0.25, 0.3) is 0 Å². The molecule has 0 amide bonds. The Morgan fingerprint density at radius 1 is 1.17 bits per heavy atom. The zero-order valence-electron chi connectivity index (χ0n) is 11.2. The first kappa shape index (κ1) is 11.9. The van der Waals surface area contributed by atoms with E-state index in [1.54, 1.807) is 0 Å². The Kier molecular flexibility index (Phi) is 2.61. The molecule has 3 aliphatic rings. The first-order valence-corrected chi connectivity index (χ1v) is 6.95. The average molecular weight is 248 g/mol. The lowest BCUT2D eigenvalue weighted by Gasteiger charge is -2.24. The van der Waals surface area contributed by atoms with Gasteiger partial charge in [-0.3, -0.25) is 9.59 Å². The van der Waals surface area contributed by atoms with Crippen LogP contribution in [0.25, 0.3) is 0 Å². The Balaban J connectivity index is 2.08. The van der Waals surface area contributed by atoms with Crippen molar-refractivity contribution in [2.45, 2.75) is 46.1 Å². The number of Topliss-reactive ketones (excluding diaryl/α,β-unsaturated/α-hetero) is 1. The van der Waals surface area contributed by atoms with Crippen molar-refractivity contribution in [3.05, 3.63) is 11.1 Å². The van der Waals surface area contributed by atoms with Gasteiger partial charge in [0.05, 0.1) is 5.92 Å². The first-order valence-electron chi connectivity index (χ1n) is 6.95. The van der Waals surface area contributed by atoms with Crippen LogP contribution in [0.5, 0.6) is 0 Å². The predicted molar refractivity (Wildman–Crippen MR) is 66.7 cm³/mol. The highest BCUT2D eigenvalue weighted by molar-refractivity contribution is 5.99. The van der Waals surface area contributed by atoms with Crippen LogP contribution in [0.4, 0.5) is 0 Å². The molecule has 3 heteroatoms. The van der Waals surface area contributed by atoms with E-state index >= 15 is 0 Å². The molecule has 1 saturated heterocycles. The Labute approximate surface area is 108 Å². The number of hydrogen-bond donors (Lipinski definition) is 0. The highest BCUT2D eigenvalue weighted by Crippen LogP contribution is 2.50. The Hall–Kier alpha value is -1.12. The molecule has 0 radical (unpaired) electrons. The summed E-state index contributed by atoms with van der Waals surface area (Å²) in [4.78, 5) is 23.8. The monoisotopic (exact) mass is 248 g/mol. The summed E-state index contributed by atoms with van der Waals surface area (Å²) in [6, 6.07) is 0. The van der Waals surface area contributed by atoms with Gasteiger partial charge in [-0.05, 0) is 37.2 Å². The van der Waals surface area contributed by atoms with Crippen molar-refractivity contribution in [1.82, 2.24) is 0 Å². The van der Waals surface area contributed by atoms with E-state index in [4.69, 9.17) is 4.74 Å². The largest absolute Gasteiger partial charge is 0.461 e. The smallest absolute Gasteiger partial charge is 0.309 e. The van der Waals surface area contributed by atoms with E-state index in [9.17, 15) is 9.59 Å². The lowest BCUT2D eigenvalue weighted by Crippen LogP contribution is -2.23. The fraction of sp³-hybridized carbons (Fsp3) is 0.733. The second-order valence-electron chi connectivity index (χ2n) is 6.16. The molecular formula is C15H20O3.